The minimum absolute atomic E-state index is 0.153. The summed E-state index contributed by atoms with van der Waals surface area (Å²) in [6.07, 6.45) is 3.06. The number of hydrogen-bond donors (Lipinski definition) is 1. The van der Waals surface area contributed by atoms with Crippen molar-refractivity contribution in [1.82, 2.24) is 0 Å². The van der Waals surface area contributed by atoms with Crippen LogP contribution < -0.4 is 5.73 Å². The monoisotopic (exact) mass is 267 g/mol. The molecule has 100 valence electrons. The molecule has 0 amide bonds. The van der Waals surface area contributed by atoms with Gasteiger partial charge >= 0.3 is 0 Å². The Bertz CT molecular complexity index is 518. The number of nitrogens with two attached hydrogens (primary N) is 1. The molecule has 1 fully saturated rings. The lowest BCUT2D eigenvalue weighted by molar-refractivity contribution is 0.274. The molecule has 1 aliphatic carbocycles. The molecule has 18 heavy (non-hydrogen) atoms. The van der Waals surface area contributed by atoms with Gasteiger partial charge in [-0.25, -0.2) is 8.42 Å². The lowest BCUT2D eigenvalue weighted by Gasteiger charge is -2.42. The fourth-order valence-electron chi connectivity index (χ4n) is 2.67. The highest BCUT2D eigenvalue weighted by atomic mass is 32.2. The SMILES string of the molecule is CCS(=O)(=O)CC1(c2cccc(CN)c2)CCC1. The Morgan fingerprint density at radius 1 is 1.33 bits per heavy atom. The van der Waals surface area contributed by atoms with Gasteiger partial charge in [-0.2, -0.15) is 0 Å². The third-order valence-electron chi connectivity index (χ3n) is 4.02. The minimum Gasteiger partial charge on any atom is -0.326 e. The fraction of sp³-hybridized carbons (Fsp3) is 0.571. The molecule has 0 atom stereocenters. The summed E-state index contributed by atoms with van der Waals surface area (Å²) >= 11 is 0. The van der Waals surface area contributed by atoms with Crippen LogP contribution in [0, 0.1) is 0 Å². The van der Waals surface area contributed by atoms with Crippen LogP contribution in [0.1, 0.15) is 37.3 Å². The van der Waals surface area contributed by atoms with Gasteiger partial charge in [0.05, 0.1) is 5.75 Å². The van der Waals surface area contributed by atoms with E-state index in [1.807, 2.05) is 18.2 Å². The van der Waals surface area contributed by atoms with E-state index in [9.17, 15) is 8.42 Å². The highest BCUT2D eigenvalue weighted by Crippen LogP contribution is 2.45. The minimum atomic E-state index is -2.94. The van der Waals surface area contributed by atoms with Crippen LogP contribution in [-0.2, 0) is 21.8 Å². The Kier molecular flexibility index (Phi) is 3.78. The molecule has 1 saturated carbocycles. The summed E-state index contributed by atoms with van der Waals surface area (Å²) in [7, 11) is -2.94. The zero-order valence-electron chi connectivity index (χ0n) is 10.9. The molecule has 0 spiro atoms. The number of sulfone groups is 1. The number of hydrogen-bond acceptors (Lipinski definition) is 3. The van der Waals surface area contributed by atoms with Crippen molar-refractivity contribution in [1.29, 1.82) is 0 Å². The van der Waals surface area contributed by atoms with Gasteiger partial charge in [0, 0.05) is 17.7 Å². The summed E-state index contributed by atoms with van der Waals surface area (Å²) in [5, 5.41) is 0. The number of benzene rings is 1. The van der Waals surface area contributed by atoms with Crippen LogP contribution in [-0.4, -0.2) is 19.9 Å². The topological polar surface area (TPSA) is 60.2 Å². The Labute approximate surface area is 109 Å². The molecule has 2 rings (SSSR count). The molecular weight excluding hydrogens is 246 g/mol. The highest BCUT2D eigenvalue weighted by Gasteiger charge is 2.41. The lowest BCUT2D eigenvalue weighted by Crippen LogP contribution is -2.41. The summed E-state index contributed by atoms with van der Waals surface area (Å²) in [5.74, 6) is 0.510. The van der Waals surface area contributed by atoms with E-state index in [1.54, 1.807) is 6.92 Å². The quantitative estimate of drug-likeness (QED) is 0.887. The predicted octanol–water partition coefficient (Wildman–Crippen LogP) is 2.00. The molecule has 1 aromatic rings. The van der Waals surface area contributed by atoms with E-state index in [0.29, 0.717) is 6.54 Å². The van der Waals surface area contributed by atoms with E-state index in [1.165, 1.54) is 0 Å². The maximum atomic E-state index is 11.9. The first-order chi connectivity index (χ1) is 8.51. The van der Waals surface area contributed by atoms with E-state index in [2.05, 4.69) is 6.07 Å². The van der Waals surface area contributed by atoms with Crippen molar-refractivity contribution < 1.29 is 8.42 Å². The maximum Gasteiger partial charge on any atom is 0.150 e. The first kappa shape index (κ1) is 13.6. The van der Waals surface area contributed by atoms with Gasteiger partial charge < -0.3 is 5.73 Å². The zero-order chi connectivity index (χ0) is 13.2. The molecule has 0 aromatic heterocycles. The normalized spacial score (nSPS) is 18.3. The molecule has 0 heterocycles. The summed E-state index contributed by atoms with van der Waals surface area (Å²) in [6.45, 7) is 2.22. The Morgan fingerprint density at radius 3 is 2.56 bits per heavy atom. The molecule has 0 aliphatic heterocycles. The van der Waals surface area contributed by atoms with E-state index in [-0.39, 0.29) is 16.9 Å². The van der Waals surface area contributed by atoms with Gasteiger partial charge in [-0.3, -0.25) is 0 Å². The largest absolute Gasteiger partial charge is 0.326 e. The van der Waals surface area contributed by atoms with Gasteiger partial charge in [0.15, 0.2) is 9.84 Å². The molecule has 3 nitrogen and oxygen atoms in total. The Morgan fingerprint density at radius 2 is 2.06 bits per heavy atom. The molecular formula is C14H21NO2S. The highest BCUT2D eigenvalue weighted by molar-refractivity contribution is 7.91. The molecule has 2 N–H and O–H groups in total. The van der Waals surface area contributed by atoms with Crippen LogP contribution in [0.4, 0.5) is 0 Å². The van der Waals surface area contributed by atoms with Gasteiger partial charge in [0.25, 0.3) is 0 Å². The van der Waals surface area contributed by atoms with Crippen molar-refractivity contribution in [2.45, 2.75) is 38.1 Å². The second kappa shape index (κ2) is 5.02. The lowest BCUT2D eigenvalue weighted by atomic mass is 9.65. The molecule has 0 radical (unpaired) electrons. The van der Waals surface area contributed by atoms with Crippen LogP contribution in [0.15, 0.2) is 24.3 Å². The van der Waals surface area contributed by atoms with Gasteiger partial charge in [0.1, 0.15) is 0 Å². The van der Waals surface area contributed by atoms with E-state index < -0.39 is 9.84 Å². The van der Waals surface area contributed by atoms with Crippen molar-refractivity contribution in [3.05, 3.63) is 35.4 Å². The van der Waals surface area contributed by atoms with Crippen LogP contribution in [0.25, 0.3) is 0 Å². The molecule has 1 aromatic carbocycles. The smallest absolute Gasteiger partial charge is 0.150 e. The van der Waals surface area contributed by atoms with Crippen molar-refractivity contribution in [3.63, 3.8) is 0 Å². The fourth-order valence-corrected chi connectivity index (χ4v) is 4.17. The van der Waals surface area contributed by atoms with Gasteiger partial charge in [-0.05, 0) is 24.0 Å². The standard InChI is InChI=1S/C14H21NO2S/c1-2-18(16,17)11-14(7-4-8-14)13-6-3-5-12(9-13)10-15/h3,5-6,9H,2,4,7-8,10-11,15H2,1H3. The van der Waals surface area contributed by atoms with Gasteiger partial charge in [0.2, 0.25) is 0 Å². The van der Waals surface area contributed by atoms with E-state index in [4.69, 9.17) is 5.73 Å². The second-order valence-electron chi connectivity index (χ2n) is 5.21. The summed E-state index contributed by atoms with van der Waals surface area (Å²) in [5.41, 5.74) is 7.73. The summed E-state index contributed by atoms with van der Waals surface area (Å²) in [6, 6.07) is 8.09. The molecule has 1 aliphatic rings. The van der Waals surface area contributed by atoms with Crippen LogP contribution in [0.5, 0.6) is 0 Å². The molecule has 0 bridgehead atoms. The maximum absolute atomic E-state index is 11.9. The second-order valence-corrected chi connectivity index (χ2v) is 7.57. The number of rotatable bonds is 5. The first-order valence-corrected chi connectivity index (χ1v) is 8.33. The molecule has 0 unspecified atom stereocenters. The third-order valence-corrected chi connectivity index (χ3v) is 5.89. The van der Waals surface area contributed by atoms with Crippen molar-refractivity contribution >= 4 is 9.84 Å². The van der Waals surface area contributed by atoms with Crippen molar-refractivity contribution in [2.24, 2.45) is 5.73 Å². The van der Waals surface area contributed by atoms with Gasteiger partial charge in [-0.15, -0.1) is 0 Å². The average Bonchev–Trinajstić information content (AvgIpc) is 2.34. The van der Waals surface area contributed by atoms with E-state index in [0.717, 1.165) is 30.4 Å². The van der Waals surface area contributed by atoms with Crippen molar-refractivity contribution in [3.8, 4) is 0 Å². The Hall–Kier alpha value is -0.870. The summed E-state index contributed by atoms with van der Waals surface area (Å²) < 4.78 is 23.8. The molecule has 4 heteroatoms. The third kappa shape index (κ3) is 2.59. The van der Waals surface area contributed by atoms with Crippen LogP contribution >= 0.6 is 0 Å². The first-order valence-electron chi connectivity index (χ1n) is 6.51. The Balaban J connectivity index is 2.32. The van der Waals surface area contributed by atoms with Crippen LogP contribution in [0.2, 0.25) is 0 Å². The average molecular weight is 267 g/mol. The molecule has 0 saturated heterocycles. The van der Waals surface area contributed by atoms with Gasteiger partial charge in [-0.1, -0.05) is 37.6 Å². The van der Waals surface area contributed by atoms with E-state index >= 15 is 0 Å². The zero-order valence-corrected chi connectivity index (χ0v) is 11.7. The van der Waals surface area contributed by atoms with Crippen LogP contribution in [0.3, 0.4) is 0 Å². The predicted molar refractivity (Wildman–Crippen MR) is 74.2 cm³/mol. The van der Waals surface area contributed by atoms with Crippen molar-refractivity contribution in [2.75, 3.05) is 11.5 Å². The summed E-state index contributed by atoms with van der Waals surface area (Å²) in [4.78, 5) is 0.